The Bertz CT molecular complexity index is 1320. The van der Waals surface area contributed by atoms with E-state index in [1.807, 2.05) is 67.6 Å². The third kappa shape index (κ3) is 5.66. The number of nitrogens with one attached hydrogen (secondary N) is 1. The van der Waals surface area contributed by atoms with E-state index in [4.69, 9.17) is 9.72 Å². The molecule has 0 saturated carbocycles. The standard InChI is InChI=1S/C27H27N3O3S/c1-3-20-11-6-7-13-22(20)28-25(31)17-33-26(32)18-34-27-29-23-14-8-9-15-24(23)30(27)16-21-12-5-4-10-19(21)2/h4-15H,3,16-18H2,1-2H3,(H,28,31). The first-order valence-electron chi connectivity index (χ1n) is 11.2. The molecule has 3 aromatic carbocycles. The predicted octanol–water partition coefficient (Wildman–Crippen LogP) is 5.23. The Balaban J connectivity index is 1.39. The number of ether oxygens (including phenoxy) is 1. The van der Waals surface area contributed by atoms with Crippen LogP contribution in [0.2, 0.25) is 0 Å². The number of fused-ring (bicyclic) bond motifs is 1. The van der Waals surface area contributed by atoms with Gasteiger partial charge < -0.3 is 14.6 Å². The van der Waals surface area contributed by atoms with E-state index in [2.05, 4.69) is 28.9 Å². The molecule has 1 N–H and O–H groups in total. The van der Waals surface area contributed by atoms with Crippen molar-refractivity contribution in [2.24, 2.45) is 0 Å². The molecule has 0 radical (unpaired) electrons. The van der Waals surface area contributed by atoms with Gasteiger partial charge in [-0.3, -0.25) is 9.59 Å². The quantitative estimate of drug-likeness (QED) is 0.266. The largest absolute Gasteiger partial charge is 0.455 e. The Hall–Kier alpha value is -3.58. The van der Waals surface area contributed by atoms with Gasteiger partial charge in [-0.2, -0.15) is 0 Å². The van der Waals surface area contributed by atoms with E-state index < -0.39 is 5.97 Å². The van der Waals surface area contributed by atoms with Gasteiger partial charge in [0.05, 0.1) is 23.3 Å². The molecule has 1 aromatic heterocycles. The van der Waals surface area contributed by atoms with Crippen LogP contribution < -0.4 is 5.32 Å². The van der Waals surface area contributed by atoms with E-state index in [1.165, 1.54) is 22.9 Å². The Kier molecular flexibility index (Phi) is 7.65. The van der Waals surface area contributed by atoms with Gasteiger partial charge >= 0.3 is 5.97 Å². The number of benzene rings is 3. The first-order valence-corrected chi connectivity index (χ1v) is 12.2. The van der Waals surface area contributed by atoms with Crippen LogP contribution in [0.5, 0.6) is 0 Å². The van der Waals surface area contributed by atoms with Gasteiger partial charge in [0.2, 0.25) is 0 Å². The second kappa shape index (κ2) is 11.0. The third-order valence-electron chi connectivity index (χ3n) is 5.56. The van der Waals surface area contributed by atoms with Crippen LogP contribution in [-0.4, -0.2) is 33.8 Å². The molecule has 0 bridgehead atoms. The molecule has 0 saturated heterocycles. The molecular weight excluding hydrogens is 446 g/mol. The number of anilines is 1. The molecule has 0 atom stereocenters. The van der Waals surface area contributed by atoms with Gasteiger partial charge in [-0.15, -0.1) is 0 Å². The Labute approximate surface area is 203 Å². The molecule has 174 valence electrons. The summed E-state index contributed by atoms with van der Waals surface area (Å²) in [4.78, 5) is 29.3. The van der Waals surface area contributed by atoms with Crippen molar-refractivity contribution in [2.45, 2.75) is 32.0 Å². The molecule has 1 heterocycles. The zero-order valence-corrected chi connectivity index (χ0v) is 20.1. The van der Waals surface area contributed by atoms with E-state index in [1.54, 1.807) is 0 Å². The number of imidazole rings is 1. The van der Waals surface area contributed by atoms with Crippen LogP contribution in [0.3, 0.4) is 0 Å². The smallest absolute Gasteiger partial charge is 0.316 e. The van der Waals surface area contributed by atoms with E-state index >= 15 is 0 Å². The normalized spacial score (nSPS) is 10.9. The van der Waals surface area contributed by atoms with Crippen LogP contribution >= 0.6 is 11.8 Å². The number of esters is 1. The van der Waals surface area contributed by atoms with Gasteiger partial charge in [0.25, 0.3) is 5.91 Å². The monoisotopic (exact) mass is 473 g/mol. The maximum Gasteiger partial charge on any atom is 0.316 e. The van der Waals surface area contributed by atoms with Crippen molar-refractivity contribution in [3.8, 4) is 0 Å². The van der Waals surface area contributed by atoms with Gasteiger partial charge in [0.1, 0.15) is 0 Å². The van der Waals surface area contributed by atoms with Crippen LogP contribution in [0.1, 0.15) is 23.6 Å². The molecule has 0 aliphatic heterocycles. The fourth-order valence-corrected chi connectivity index (χ4v) is 4.53. The summed E-state index contributed by atoms with van der Waals surface area (Å²) in [5.74, 6) is -0.750. The molecule has 4 rings (SSSR count). The van der Waals surface area contributed by atoms with Gasteiger partial charge in [-0.1, -0.05) is 73.3 Å². The highest BCUT2D eigenvalue weighted by molar-refractivity contribution is 7.99. The van der Waals surface area contributed by atoms with Crippen LogP contribution in [0.25, 0.3) is 11.0 Å². The fraction of sp³-hybridized carbons (Fsp3) is 0.222. The second-order valence-electron chi connectivity index (χ2n) is 7.90. The summed E-state index contributed by atoms with van der Waals surface area (Å²) in [7, 11) is 0. The highest BCUT2D eigenvalue weighted by atomic mass is 32.2. The SMILES string of the molecule is CCc1ccccc1NC(=O)COC(=O)CSc1nc2ccccc2n1Cc1ccccc1C. The number of aryl methyl sites for hydroxylation is 2. The summed E-state index contributed by atoms with van der Waals surface area (Å²) in [6, 6.07) is 23.7. The third-order valence-corrected chi connectivity index (χ3v) is 6.51. The minimum absolute atomic E-state index is 0.0654. The summed E-state index contributed by atoms with van der Waals surface area (Å²) in [6.45, 7) is 4.44. The molecule has 7 heteroatoms. The summed E-state index contributed by atoms with van der Waals surface area (Å²) in [5.41, 5.74) is 6.05. The van der Waals surface area contributed by atoms with Gasteiger partial charge in [-0.05, 0) is 48.2 Å². The minimum atomic E-state index is -0.460. The lowest BCUT2D eigenvalue weighted by Crippen LogP contribution is -2.22. The number of rotatable bonds is 9. The lowest BCUT2D eigenvalue weighted by Gasteiger charge is -2.11. The van der Waals surface area contributed by atoms with E-state index in [0.29, 0.717) is 6.54 Å². The zero-order chi connectivity index (χ0) is 23.9. The molecular formula is C27H27N3O3S. The number of hydrogen-bond donors (Lipinski definition) is 1. The molecule has 6 nitrogen and oxygen atoms in total. The van der Waals surface area contributed by atoms with Crippen LogP contribution in [-0.2, 0) is 27.3 Å². The molecule has 0 aliphatic carbocycles. The zero-order valence-electron chi connectivity index (χ0n) is 19.3. The van der Waals surface area contributed by atoms with E-state index in [0.717, 1.165) is 33.9 Å². The number of para-hydroxylation sites is 3. The lowest BCUT2D eigenvalue weighted by molar-refractivity contribution is -0.144. The number of nitrogens with zero attached hydrogens (tertiary/aromatic N) is 2. The van der Waals surface area contributed by atoms with Crippen LogP contribution in [0, 0.1) is 6.92 Å². The minimum Gasteiger partial charge on any atom is -0.455 e. The average Bonchev–Trinajstić information content (AvgIpc) is 3.20. The van der Waals surface area contributed by atoms with Crippen molar-refractivity contribution in [1.82, 2.24) is 9.55 Å². The van der Waals surface area contributed by atoms with Crippen molar-refractivity contribution in [2.75, 3.05) is 17.7 Å². The number of aromatic nitrogens is 2. The van der Waals surface area contributed by atoms with Crippen molar-refractivity contribution in [1.29, 1.82) is 0 Å². The lowest BCUT2D eigenvalue weighted by atomic mass is 10.1. The van der Waals surface area contributed by atoms with E-state index in [9.17, 15) is 9.59 Å². The van der Waals surface area contributed by atoms with Crippen molar-refractivity contribution in [3.63, 3.8) is 0 Å². The molecule has 4 aromatic rings. The van der Waals surface area contributed by atoms with Crippen LogP contribution in [0.4, 0.5) is 5.69 Å². The fourth-order valence-electron chi connectivity index (χ4n) is 3.72. The molecule has 0 spiro atoms. The number of hydrogen-bond acceptors (Lipinski definition) is 5. The molecule has 34 heavy (non-hydrogen) atoms. The van der Waals surface area contributed by atoms with Crippen molar-refractivity contribution in [3.05, 3.63) is 89.5 Å². The molecule has 0 unspecified atom stereocenters. The average molecular weight is 474 g/mol. The maximum atomic E-state index is 12.4. The Morgan fingerprint density at radius 1 is 0.971 bits per heavy atom. The molecule has 0 fully saturated rings. The van der Waals surface area contributed by atoms with Crippen molar-refractivity contribution >= 4 is 40.4 Å². The Morgan fingerprint density at radius 2 is 1.68 bits per heavy atom. The topological polar surface area (TPSA) is 73.2 Å². The Morgan fingerprint density at radius 3 is 2.47 bits per heavy atom. The van der Waals surface area contributed by atoms with Crippen molar-refractivity contribution < 1.29 is 14.3 Å². The summed E-state index contributed by atoms with van der Waals surface area (Å²) in [5, 5.41) is 3.55. The summed E-state index contributed by atoms with van der Waals surface area (Å²) in [6.07, 6.45) is 0.802. The van der Waals surface area contributed by atoms with Gasteiger partial charge in [0.15, 0.2) is 11.8 Å². The predicted molar refractivity (Wildman–Crippen MR) is 136 cm³/mol. The van der Waals surface area contributed by atoms with Gasteiger partial charge in [0, 0.05) is 5.69 Å². The summed E-state index contributed by atoms with van der Waals surface area (Å²) >= 11 is 1.31. The number of amides is 1. The van der Waals surface area contributed by atoms with Gasteiger partial charge in [-0.25, -0.2) is 4.98 Å². The van der Waals surface area contributed by atoms with Crippen LogP contribution in [0.15, 0.2) is 78.0 Å². The maximum absolute atomic E-state index is 12.4. The number of thioether (sulfide) groups is 1. The highest BCUT2D eigenvalue weighted by Crippen LogP contribution is 2.26. The molecule has 0 aliphatic rings. The van der Waals surface area contributed by atoms with E-state index in [-0.39, 0.29) is 18.3 Å². The number of carbonyl (C=O) groups excluding carboxylic acids is 2. The number of carbonyl (C=O) groups is 2. The summed E-state index contributed by atoms with van der Waals surface area (Å²) < 4.78 is 7.33. The first-order chi connectivity index (χ1) is 16.5. The molecule has 1 amide bonds. The highest BCUT2D eigenvalue weighted by Gasteiger charge is 2.15. The first kappa shape index (κ1) is 23.6. The second-order valence-corrected chi connectivity index (χ2v) is 8.85.